The van der Waals surface area contributed by atoms with Gasteiger partial charge in [-0.1, -0.05) is 29.8 Å². The van der Waals surface area contributed by atoms with Gasteiger partial charge >= 0.3 is 0 Å². The van der Waals surface area contributed by atoms with Gasteiger partial charge in [-0.2, -0.15) is 0 Å². The molecule has 2 aromatic rings. The van der Waals surface area contributed by atoms with Crippen molar-refractivity contribution in [3.8, 4) is 0 Å². The summed E-state index contributed by atoms with van der Waals surface area (Å²) in [5, 5.41) is 9.87. The quantitative estimate of drug-likeness (QED) is 0.605. The van der Waals surface area contributed by atoms with Crippen molar-refractivity contribution in [1.29, 1.82) is 0 Å². The highest BCUT2D eigenvalue weighted by Gasteiger charge is 2.44. The topological polar surface area (TPSA) is 89.9 Å². The van der Waals surface area contributed by atoms with Crippen LogP contribution in [0.4, 0.5) is 11.4 Å². The molecule has 0 bridgehead atoms. The number of nitrogens with zero attached hydrogens (tertiary/aromatic N) is 2. The summed E-state index contributed by atoms with van der Waals surface area (Å²) in [5.41, 5.74) is 0.416. The Morgan fingerprint density at radius 2 is 1.80 bits per heavy atom. The van der Waals surface area contributed by atoms with Crippen molar-refractivity contribution in [1.82, 2.24) is 0 Å². The first kappa shape index (κ1) is 17.1. The van der Waals surface area contributed by atoms with Gasteiger partial charge in [-0.05, 0) is 35.9 Å². The normalized spacial score (nSPS) is 18.9. The summed E-state index contributed by atoms with van der Waals surface area (Å²) >= 11 is 12.0. The first-order valence-electron chi connectivity index (χ1n) is 7.06. The summed E-state index contributed by atoms with van der Waals surface area (Å²) in [6.07, 6.45) is 0. The summed E-state index contributed by atoms with van der Waals surface area (Å²) in [6, 6.07) is 11.6. The van der Waals surface area contributed by atoms with Crippen LogP contribution in [0.3, 0.4) is 0 Å². The Hall–Kier alpha value is -2.70. The number of halogens is 2. The van der Waals surface area contributed by atoms with E-state index in [2.05, 4.69) is 4.99 Å². The molecular formula is C17H9Cl2N2O4-. The van der Waals surface area contributed by atoms with Gasteiger partial charge in [0.25, 0.3) is 11.8 Å². The van der Waals surface area contributed by atoms with Crippen molar-refractivity contribution in [2.75, 3.05) is 4.90 Å². The minimum absolute atomic E-state index is 0.0271. The first-order valence-corrected chi connectivity index (χ1v) is 7.88. The molecule has 1 fully saturated rings. The molecule has 1 aliphatic rings. The number of aromatic carboxylic acids is 1. The van der Waals surface area contributed by atoms with Gasteiger partial charge in [-0.25, -0.2) is 9.89 Å². The van der Waals surface area contributed by atoms with Gasteiger partial charge in [0, 0.05) is 5.02 Å². The lowest BCUT2D eigenvalue weighted by molar-refractivity contribution is -0.255. The molecule has 8 heteroatoms. The highest BCUT2D eigenvalue weighted by atomic mass is 35.5. The maximum absolute atomic E-state index is 12.6. The van der Waals surface area contributed by atoms with E-state index in [1.54, 1.807) is 18.2 Å². The highest BCUT2D eigenvalue weighted by molar-refractivity contribution is 6.68. The lowest BCUT2D eigenvalue weighted by Crippen LogP contribution is -2.31. The average molecular weight is 376 g/mol. The number of carboxylic acids is 1. The predicted molar refractivity (Wildman–Crippen MR) is 91.5 cm³/mol. The molecule has 25 heavy (non-hydrogen) atoms. The van der Waals surface area contributed by atoms with Crippen LogP contribution < -0.4 is 10.0 Å². The third-order valence-corrected chi connectivity index (χ3v) is 4.15. The molecule has 2 aromatic carbocycles. The standard InChI is InChI=1S/C17H10Cl2N2O4/c18-10-2-1-3-12(8-10)21-15(22)13(19)14(16(21)23)20-11-6-4-9(5-7-11)17(24)25/h1-8,13H,(H,24,25)/p-1. The van der Waals surface area contributed by atoms with Crippen molar-refractivity contribution in [3.63, 3.8) is 0 Å². The second-order valence-corrected chi connectivity index (χ2v) is 6.03. The van der Waals surface area contributed by atoms with Crippen LogP contribution in [0, 0.1) is 0 Å². The number of alkyl halides is 1. The largest absolute Gasteiger partial charge is 0.545 e. The van der Waals surface area contributed by atoms with Crippen molar-refractivity contribution in [3.05, 3.63) is 59.1 Å². The van der Waals surface area contributed by atoms with Gasteiger partial charge < -0.3 is 9.90 Å². The molecule has 126 valence electrons. The molecule has 0 saturated carbocycles. The van der Waals surface area contributed by atoms with Crippen molar-refractivity contribution >= 4 is 58.1 Å². The van der Waals surface area contributed by atoms with E-state index < -0.39 is 23.2 Å². The number of amides is 2. The number of hydrogen-bond donors (Lipinski definition) is 0. The van der Waals surface area contributed by atoms with Crippen LogP contribution in [0.15, 0.2) is 53.5 Å². The summed E-state index contributed by atoms with van der Waals surface area (Å²) in [5.74, 6) is -2.61. The zero-order valence-electron chi connectivity index (χ0n) is 12.5. The number of imide groups is 1. The summed E-state index contributed by atoms with van der Waals surface area (Å²) < 4.78 is 0. The summed E-state index contributed by atoms with van der Waals surface area (Å²) in [7, 11) is 0. The Kier molecular flexibility index (Phi) is 4.57. The fourth-order valence-electron chi connectivity index (χ4n) is 2.33. The molecule has 0 N–H and O–H groups in total. The van der Waals surface area contributed by atoms with Gasteiger partial charge in [0.1, 0.15) is 5.71 Å². The van der Waals surface area contributed by atoms with Gasteiger partial charge in [-0.15, -0.1) is 11.6 Å². The molecule has 1 saturated heterocycles. The van der Waals surface area contributed by atoms with E-state index in [1.165, 1.54) is 30.3 Å². The fraction of sp³-hybridized carbons (Fsp3) is 0.0588. The van der Waals surface area contributed by atoms with E-state index in [4.69, 9.17) is 23.2 Å². The van der Waals surface area contributed by atoms with E-state index in [1.807, 2.05) is 0 Å². The predicted octanol–water partition coefficient (Wildman–Crippen LogP) is 1.96. The van der Waals surface area contributed by atoms with E-state index >= 15 is 0 Å². The van der Waals surface area contributed by atoms with Crippen LogP contribution in [0.1, 0.15) is 10.4 Å². The van der Waals surface area contributed by atoms with E-state index in [0.29, 0.717) is 16.4 Å². The maximum Gasteiger partial charge on any atom is 0.281 e. The van der Waals surface area contributed by atoms with Crippen LogP contribution in [-0.2, 0) is 9.59 Å². The smallest absolute Gasteiger partial charge is 0.281 e. The third-order valence-electron chi connectivity index (χ3n) is 3.52. The molecule has 6 nitrogen and oxygen atoms in total. The van der Waals surface area contributed by atoms with Gasteiger partial charge in [0.05, 0.1) is 17.3 Å². The number of rotatable bonds is 3. The molecule has 1 heterocycles. The minimum atomic E-state index is -1.33. The van der Waals surface area contributed by atoms with Gasteiger partial charge in [-0.3, -0.25) is 9.59 Å². The molecule has 0 radical (unpaired) electrons. The van der Waals surface area contributed by atoms with Crippen molar-refractivity contribution < 1.29 is 19.5 Å². The number of hydrogen-bond acceptors (Lipinski definition) is 5. The van der Waals surface area contributed by atoms with Gasteiger partial charge in [0.2, 0.25) is 0 Å². The molecule has 2 amide bonds. The van der Waals surface area contributed by atoms with Crippen LogP contribution in [0.5, 0.6) is 0 Å². The average Bonchev–Trinajstić information content (AvgIpc) is 2.79. The molecular weight excluding hydrogens is 367 g/mol. The Morgan fingerprint density at radius 3 is 2.40 bits per heavy atom. The van der Waals surface area contributed by atoms with Crippen LogP contribution >= 0.6 is 23.2 Å². The van der Waals surface area contributed by atoms with Gasteiger partial charge in [0.15, 0.2) is 5.38 Å². The Morgan fingerprint density at radius 1 is 1.12 bits per heavy atom. The molecule has 0 aromatic heterocycles. The summed E-state index contributed by atoms with van der Waals surface area (Å²) in [6.45, 7) is 0. The number of carbonyl (C=O) groups is 3. The number of carboxylic acid groups (broad SMARTS) is 1. The third kappa shape index (κ3) is 3.26. The Balaban J connectivity index is 1.96. The first-order chi connectivity index (χ1) is 11.9. The maximum atomic E-state index is 12.6. The Labute approximate surface area is 152 Å². The molecule has 1 unspecified atom stereocenters. The molecule has 0 aliphatic carbocycles. The Bertz CT molecular complexity index is 909. The molecule has 0 spiro atoms. The van der Waals surface area contributed by atoms with Crippen LogP contribution in [0.25, 0.3) is 0 Å². The summed E-state index contributed by atoms with van der Waals surface area (Å²) in [4.78, 5) is 40.7. The fourth-order valence-corrected chi connectivity index (χ4v) is 2.75. The number of carbonyl (C=O) groups excluding carboxylic acids is 3. The molecule has 1 atom stereocenters. The van der Waals surface area contributed by atoms with Crippen LogP contribution in [-0.4, -0.2) is 28.9 Å². The van der Waals surface area contributed by atoms with E-state index in [0.717, 1.165) is 4.90 Å². The van der Waals surface area contributed by atoms with E-state index in [9.17, 15) is 19.5 Å². The molecule has 1 aliphatic heterocycles. The second kappa shape index (κ2) is 6.66. The highest BCUT2D eigenvalue weighted by Crippen LogP contribution is 2.28. The van der Waals surface area contributed by atoms with E-state index in [-0.39, 0.29) is 11.3 Å². The monoisotopic (exact) mass is 375 g/mol. The molecule has 3 rings (SSSR count). The number of anilines is 1. The SMILES string of the molecule is O=C([O-])c1ccc(N=C2C(=O)N(c3cccc(Cl)c3)C(=O)C2Cl)cc1. The lowest BCUT2D eigenvalue weighted by Gasteiger charge is -2.13. The second-order valence-electron chi connectivity index (χ2n) is 5.15. The minimum Gasteiger partial charge on any atom is -0.545 e. The van der Waals surface area contributed by atoms with Crippen LogP contribution in [0.2, 0.25) is 5.02 Å². The number of aliphatic imine (C=N–C) groups is 1. The van der Waals surface area contributed by atoms with Crippen molar-refractivity contribution in [2.24, 2.45) is 4.99 Å². The van der Waals surface area contributed by atoms with Crippen molar-refractivity contribution in [2.45, 2.75) is 5.38 Å². The number of benzene rings is 2. The zero-order chi connectivity index (χ0) is 18.1. The zero-order valence-corrected chi connectivity index (χ0v) is 14.0. The lowest BCUT2D eigenvalue weighted by atomic mass is 10.2.